The van der Waals surface area contributed by atoms with E-state index in [-0.39, 0.29) is 0 Å². The van der Waals surface area contributed by atoms with Gasteiger partial charge in [0.15, 0.2) is 0 Å². The summed E-state index contributed by atoms with van der Waals surface area (Å²) in [6.45, 7) is 6.36. The lowest BCUT2D eigenvalue weighted by atomic mass is 10.1. The van der Waals surface area contributed by atoms with E-state index in [0.717, 1.165) is 27.7 Å². The highest BCUT2D eigenvalue weighted by Crippen LogP contribution is 2.29. The summed E-state index contributed by atoms with van der Waals surface area (Å²) in [7, 11) is 0. The number of rotatable bonds is 6. The first-order valence-corrected chi connectivity index (χ1v) is 7.02. The van der Waals surface area contributed by atoms with Crippen molar-refractivity contribution in [2.45, 2.75) is 52.5 Å². The zero-order valence-corrected chi connectivity index (χ0v) is 12.3. The SMILES string of the molecule is CCCCCC(C)Nc1cc(Cl)c(C)cc1Cl. The van der Waals surface area contributed by atoms with Gasteiger partial charge in [-0.15, -0.1) is 0 Å². The molecule has 3 heteroatoms. The summed E-state index contributed by atoms with van der Waals surface area (Å²) in [5, 5.41) is 4.93. The number of benzene rings is 1. The molecule has 0 spiro atoms. The van der Waals surface area contributed by atoms with Crippen LogP contribution in [-0.2, 0) is 0 Å². The smallest absolute Gasteiger partial charge is 0.0641 e. The number of anilines is 1. The Hall–Kier alpha value is -0.400. The number of hydrogen-bond acceptors (Lipinski definition) is 1. The molecule has 1 aromatic carbocycles. The van der Waals surface area contributed by atoms with Crippen LogP contribution in [0.1, 0.15) is 45.1 Å². The molecular weight excluding hydrogens is 253 g/mol. The number of halogens is 2. The molecular formula is C14H21Cl2N. The van der Waals surface area contributed by atoms with Crippen molar-refractivity contribution in [3.05, 3.63) is 27.7 Å². The van der Waals surface area contributed by atoms with Gasteiger partial charge in [0.2, 0.25) is 0 Å². The molecule has 1 N–H and O–H groups in total. The third kappa shape index (κ3) is 4.77. The monoisotopic (exact) mass is 273 g/mol. The summed E-state index contributed by atoms with van der Waals surface area (Å²) >= 11 is 12.3. The van der Waals surface area contributed by atoms with Crippen LogP contribution in [0.5, 0.6) is 0 Å². The van der Waals surface area contributed by atoms with Crippen LogP contribution >= 0.6 is 23.2 Å². The molecule has 0 saturated carbocycles. The minimum atomic E-state index is 0.429. The number of nitrogens with one attached hydrogen (secondary N) is 1. The summed E-state index contributed by atoms with van der Waals surface area (Å²) in [5.41, 5.74) is 1.95. The summed E-state index contributed by atoms with van der Waals surface area (Å²) in [6.07, 6.45) is 4.95. The van der Waals surface area contributed by atoms with Gasteiger partial charge in [-0.3, -0.25) is 0 Å². The van der Waals surface area contributed by atoms with Crippen molar-refractivity contribution in [1.29, 1.82) is 0 Å². The lowest BCUT2D eigenvalue weighted by Crippen LogP contribution is -2.15. The molecule has 17 heavy (non-hydrogen) atoms. The first-order chi connectivity index (χ1) is 8.04. The Kier molecular flexibility index (Phi) is 6.15. The van der Waals surface area contributed by atoms with Crippen LogP contribution < -0.4 is 5.32 Å². The quantitative estimate of drug-likeness (QED) is 0.658. The van der Waals surface area contributed by atoms with E-state index in [4.69, 9.17) is 23.2 Å². The van der Waals surface area contributed by atoms with Crippen molar-refractivity contribution < 1.29 is 0 Å². The topological polar surface area (TPSA) is 12.0 Å². The van der Waals surface area contributed by atoms with Crippen molar-refractivity contribution in [3.8, 4) is 0 Å². The van der Waals surface area contributed by atoms with Crippen LogP contribution in [0, 0.1) is 6.92 Å². The molecule has 0 saturated heterocycles. The van der Waals surface area contributed by atoms with E-state index >= 15 is 0 Å². The number of aryl methyl sites for hydroxylation is 1. The normalized spacial score (nSPS) is 12.5. The zero-order valence-electron chi connectivity index (χ0n) is 10.8. The minimum absolute atomic E-state index is 0.429. The molecule has 0 heterocycles. The molecule has 0 aliphatic carbocycles. The summed E-state index contributed by atoms with van der Waals surface area (Å²) in [5.74, 6) is 0. The Morgan fingerprint density at radius 3 is 2.53 bits per heavy atom. The Bertz CT molecular complexity index is 363. The molecule has 96 valence electrons. The maximum absolute atomic E-state index is 6.19. The van der Waals surface area contributed by atoms with Gasteiger partial charge < -0.3 is 5.32 Å². The van der Waals surface area contributed by atoms with Crippen LogP contribution in [-0.4, -0.2) is 6.04 Å². The molecule has 1 rings (SSSR count). The number of unbranched alkanes of at least 4 members (excludes halogenated alkanes) is 2. The molecule has 0 aromatic heterocycles. The third-order valence-electron chi connectivity index (χ3n) is 2.89. The van der Waals surface area contributed by atoms with E-state index in [9.17, 15) is 0 Å². The summed E-state index contributed by atoms with van der Waals surface area (Å²) in [6, 6.07) is 4.25. The van der Waals surface area contributed by atoms with E-state index in [1.165, 1.54) is 19.3 Å². The summed E-state index contributed by atoms with van der Waals surface area (Å²) < 4.78 is 0. The maximum atomic E-state index is 6.19. The first-order valence-electron chi connectivity index (χ1n) is 6.26. The van der Waals surface area contributed by atoms with Gasteiger partial charge >= 0.3 is 0 Å². The highest BCUT2D eigenvalue weighted by molar-refractivity contribution is 6.35. The van der Waals surface area contributed by atoms with E-state index in [0.29, 0.717) is 6.04 Å². The average molecular weight is 274 g/mol. The second-order valence-corrected chi connectivity index (χ2v) is 5.44. The Balaban J connectivity index is 2.58. The molecule has 1 nitrogen and oxygen atoms in total. The van der Waals surface area contributed by atoms with E-state index < -0.39 is 0 Å². The molecule has 0 bridgehead atoms. The van der Waals surface area contributed by atoms with Crippen molar-refractivity contribution in [1.82, 2.24) is 0 Å². The highest BCUT2D eigenvalue weighted by Gasteiger charge is 2.07. The van der Waals surface area contributed by atoms with Gasteiger partial charge in [0.1, 0.15) is 0 Å². The van der Waals surface area contributed by atoms with E-state index in [1.807, 2.05) is 19.1 Å². The Morgan fingerprint density at radius 2 is 1.88 bits per heavy atom. The van der Waals surface area contributed by atoms with Crippen LogP contribution in [0.25, 0.3) is 0 Å². The second kappa shape index (κ2) is 7.13. The van der Waals surface area contributed by atoms with Gasteiger partial charge in [-0.2, -0.15) is 0 Å². The van der Waals surface area contributed by atoms with Gasteiger partial charge in [0.25, 0.3) is 0 Å². The fourth-order valence-electron chi connectivity index (χ4n) is 1.80. The van der Waals surface area contributed by atoms with Gasteiger partial charge in [-0.05, 0) is 38.0 Å². The third-order valence-corrected chi connectivity index (χ3v) is 3.61. The van der Waals surface area contributed by atoms with Gasteiger partial charge in [0, 0.05) is 11.1 Å². The predicted octanol–water partition coefficient (Wildman–Crippen LogP) is 5.68. The van der Waals surface area contributed by atoms with Crippen molar-refractivity contribution in [3.63, 3.8) is 0 Å². The predicted molar refractivity (Wildman–Crippen MR) is 78.4 cm³/mol. The van der Waals surface area contributed by atoms with Crippen molar-refractivity contribution >= 4 is 28.9 Å². The number of hydrogen-bond donors (Lipinski definition) is 1. The fraction of sp³-hybridized carbons (Fsp3) is 0.571. The lowest BCUT2D eigenvalue weighted by molar-refractivity contribution is 0.615. The molecule has 1 unspecified atom stereocenters. The Morgan fingerprint density at radius 1 is 1.18 bits per heavy atom. The molecule has 0 aliphatic rings. The average Bonchev–Trinajstić information content (AvgIpc) is 2.26. The molecule has 1 aromatic rings. The largest absolute Gasteiger partial charge is 0.381 e. The molecule has 0 amide bonds. The standard InChI is InChI=1S/C14H21Cl2N/c1-4-5-6-7-11(3)17-14-9-12(15)10(2)8-13(14)16/h8-9,11,17H,4-7H2,1-3H3. The molecule has 0 radical (unpaired) electrons. The van der Waals surface area contributed by atoms with Gasteiger partial charge in [-0.25, -0.2) is 0 Å². The molecule has 0 fully saturated rings. The van der Waals surface area contributed by atoms with Gasteiger partial charge in [0.05, 0.1) is 10.7 Å². The highest BCUT2D eigenvalue weighted by atomic mass is 35.5. The summed E-state index contributed by atoms with van der Waals surface area (Å²) in [4.78, 5) is 0. The maximum Gasteiger partial charge on any atom is 0.0641 e. The minimum Gasteiger partial charge on any atom is -0.381 e. The van der Waals surface area contributed by atoms with Crippen LogP contribution in [0.15, 0.2) is 12.1 Å². The van der Waals surface area contributed by atoms with E-state index in [1.54, 1.807) is 0 Å². The van der Waals surface area contributed by atoms with Gasteiger partial charge in [-0.1, -0.05) is 49.4 Å². The molecule has 0 aliphatic heterocycles. The van der Waals surface area contributed by atoms with Crippen LogP contribution in [0.4, 0.5) is 5.69 Å². The van der Waals surface area contributed by atoms with Crippen molar-refractivity contribution in [2.75, 3.05) is 5.32 Å². The van der Waals surface area contributed by atoms with E-state index in [2.05, 4.69) is 19.2 Å². The zero-order chi connectivity index (χ0) is 12.8. The second-order valence-electron chi connectivity index (χ2n) is 4.62. The fourth-order valence-corrected chi connectivity index (χ4v) is 2.23. The van der Waals surface area contributed by atoms with Crippen LogP contribution in [0.3, 0.4) is 0 Å². The molecule has 1 atom stereocenters. The van der Waals surface area contributed by atoms with Crippen LogP contribution in [0.2, 0.25) is 10.0 Å². The first kappa shape index (κ1) is 14.7. The Labute approximate surface area is 115 Å². The lowest BCUT2D eigenvalue weighted by Gasteiger charge is -2.17. The van der Waals surface area contributed by atoms with Crippen molar-refractivity contribution in [2.24, 2.45) is 0 Å².